The maximum Gasteiger partial charge on any atom is 0.161 e. The highest BCUT2D eigenvalue weighted by Crippen LogP contribution is 2.39. The SMILES string of the molecule is CCNCc1cc(OC)c(OC)cc1-c1cscc1Br. The first-order chi connectivity index (χ1) is 9.71. The van der Waals surface area contributed by atoms with Gasteiger partial charge in [-0.05, 0) is 51.1 Å². The zero-order valence-electron chi connectivity index (χ0n) is 11.8. The van der Waals surface area contributed by atoms with Crippen LogP contribution in [0.3, 0.4) is 0 Å². The molecule has 0 bridgehead atoms. The van der Waals surface area contributed by atoms with Gasteiger partial charge in [0.25, 0.3) is 0 Å². The van der Waals surface area contributed by atoms with Gasteiger partial charge in [-0.3, -0.25) is 0 Å². The van der Waals surface area contributed by atoms with Crippen LogP contribution >= 0.6 is 27.3 Å². The average Bonchev–Trinajstić information content (AvgIpc) is 2.90. The summed E-state index contributed by atoms with van der Waals surface area (Å²) < 4.78 is 11.9. The molecule has 5 heteroatoms. The fraction of sp³-hybridized carbons (Fsp3) is 0.333. The highest BCUT2D eigenvalue weighted by atomic mass is 79.9. The molecule has 0 atom stereocenters. The molecule has 0 aliphatic carbocycles. The topological polar surface area (TPSA) is 30.5 Å². The van der Waals surface area contributed by atoms with Crippen LogP contribution < -0.4 is 14.8 Å². The summed E-state index contributed by atoms with van der Waals surface area (Å²) in [5, 5.41) is 7.59. The molecule has 0 saturated heterocycles. The predicted molar refractivity (Wildman–Crippen MR) is 87.9 cm³/mol. The molecule has 1 aromatic carbocycles. The Morgan fingerprint density at radius 2 is 1.80 bits per heavy atom. The van der Waals surface area contributed by atoms with E-state index in [1.165, 1.54) is 11.1 Å². The van der Waals surface area contributed by atoms with Crippen molar-refractivity contribution in [2.45, 2.75) is 13.5 Å². The van der Waals surface area contributed by atoms with Crippen molar-refractivity contribution in [2.75, 3.05) is 20.8 Å². The Morgan fingerprint density at radius 3 is 2.35 bits per heavy atom. The summed E-state index contributed by atoms with van der Waals surface area (Å²) in [5.41, 5.74) is 3.55. The van der Waals surface area contributed by atoms with Crippen molar-refractivity contribution in [1.82, 2.24) is 5.32 Å². The average molecular weight is 356 g/mol. The van der Waals surface area contributed by atoms with Crippen LogP contribution in [0.15, 0.2) is 27.4 Å². The summed E-state index contributed by atoms with van der Waals surface area (Å²) in [7, 11) is 3.32. The Kier molecular flexibility index (Phi) is 5.46. The van der Waals surface area contributed by atoms with Gasteiger partial charge in [0.15, 0.2) is 11.5 Å². The minimum absolute atomic E-state index is 0.751. The van der Waals surface area contributed by atoms with Crippen molar-refractivity contribution in [3.8, 4) is 22.6 Å². The molecule has 0 saturated carbocycles. The molecular formula is C15H18BrNO2S. The zero-order valence-corrected chi connectivity index (χ0v) is 14.2. The van der Waals surface area contributed by atoms with Gasteiger partial charge < -0.3 is 14.8 Å². The van der Waals surface area contributed by atoms with Gasteiger partial charge in [0, 0.05) is 22.0 Å². The van der Waals surface area contributed by atoms with E-state index in [1.54, 1.807) is 25.6 Å². The van der Waals surface area contributed by atoms with Crippen LogP contribution in [0.1, 0.15) is 12.5 Å². The predicted octanol–water partition coefficient (Wildman–Crippen LogP) is 4.30. The van der Waals surface area contributed by atoms with Crippen molar-refractivity contribution >= 4 is 27.3 Å². The minimum Gasteiger partial charge on any atom is -0.493 e. The summed E-state index contributed by atoms with van der Waals surface area (Å²) in [6.45, 7) is 3.83. The Labute approximate surface area is 132 Å². The number of halogens is 1. The summed E-state index contributed by atoms with van der Waals surface area (Å²) in [6.07, 6.45) is 0. The number of benzene rings is 1. The van der Waals surface area contributed by atoms with Crippen LogP contribution in [0.2, 0.25) is 0 Å². The summed E-state index contributed by atoms with van der Waals surface area (Å²) in [5.74, 6) is 1.51. The standard InChI is InChI=1S/C15H18BrNO2S/c1-4-17-7-10-5-14(18-2)15(19-3)6-11(10)12-8-20-9-13(12)16/h5-6,8-9,17H,4,7H2,1-3H3. The molecule has 1 N–H and O–H groups in total. The summed E-state index contributed by atoms with van der Waals surface area (Å²) in [6, 6.07) is 4.08. The van der Waals surface area contributed by atoms with Gasteiger partial charge in [0.05, 0.1) is 14.2 Å². The van der Waals surface area contributed by atoms with Crippen LogP contribution in [-0.4, -0.2) is 20.8 Å². The normalized spacial score (nSPS) is 10.6. The number of rotatable bonds is 6. The fourth-order valence-corrected chi connectivity index (χ4v) is 3.56. The quantitative estimate of drug-likeness (QED) is 0.837. The van der Waals surface area contributed by atoms with E-state index < -0.39 is 0 Å². The van der Waals surface area contributed by atoms with Crippen LogP contribution in [0.25, 0.3) is 11.1 Å². The lowest BCUT2D eigenvalue weighted by atomic mass is 10.0. The molecule has 0 amide bonds. The molecule has 1 aromatic heterocycles. The third-order valence-corrected chi connectivity index (χ3v) is 4.78. The minimum atomic E-state index is 0.751. The van der Waals surface area contributed by atoms with E-state index in [-0.39, 0.29) is 0 Å². The van der Waals surface area contributed by atoms with E-state index in [0.717, 1.165) is 34.6 Å². The first-order valence-corrected chi connectivity index (χ1v) is 8.12. The smallest absolute Gasteiger partial charge is 0.161 e. The Bertz CT molecular complexity index is 583. The van der Waals surface area contributed by atoms with Gasteiger partial charge in [0.1, 0.15) is 0 Å². The van der Waals surface area contributed by atoms with Gasteiger partial charge in [-0.2, -0.15) is 11.3 Å². The third kappa shape index (κ3) is 3.16. The van der Waals surface area contributed by atoms with Gasteiger partial charge in [0.2, 0.25) is 0 Å². The van der Waals surface area contributed by atoms with E-state index in [0.29, 0.717) is 0 Å². The fourth-order valence-electron chi connectivity index (χ4n) is 2.05. The molecule has 0 aliphatic heterocycles. The number of thiophene rings is 1. The lowest BCUT2D eigenvalue weighted by Crippen LogP contribution is -2.12. The van der Waals surface area contributed by atoms with Crippen molar-refractivity contribution in [2.24, 2.45) is 0 Å². The monoisotopic (exact) mass is 355 g/mol. The third-order valence-electron chi connectivity index (χ3n) is 3.08. The molecule has 20 heavy (non-hydrogen) atoms. The van der Waals surface area contributed by atoms with Crippen LogP contribution in [0, 0.1) is 0 Å². The highest BCUT2D eigenvalue weighted by molar-refractivity contribution is 9.10. The Morgan fingerprint density at radius 1 is 1.10 bits per heavy atom. The van der Waals surface area contributed by atoms with Crippen LogP contribution in [0.5, 0.6) is 11.5 Å². The van der Waals surface area contributed by atoms with E-state index >= 15 is 0 Å². The molecule has 1 heterocycles. The number of hydrogen-bond donors (Lipinski definition) is 1. The molecule has 2 rings (SSSR count). The molecule has 0 aliphatic rings. The number of ether oxygens (including phenoxy) is 2. The van der Waals surface area contributed by atoms with E-state index in [2.05, 4.69) is 38.9 Å². The van der Waals surface area contributed by atoms with Gasteiger partial charge >= 0.3 is 0 Å². The van der Waals surface area contributed by atoms with E-state index in [9.17, 15) is 0 Å². The second-order valence-corrected chi connectivity index (χ2v) is 5.88. The molecule has 3 nitrogen and oxygen atoms in total. The van der Waals surface area contributed by atoms with Gasteiger partial charge in [-0.15, -0.1) is 0 Å². The molecule has 0 spiro atoms. The molecule has 0 fully saturated rings. The first kappa shape index (κ1) is 15.4. The lowest BCUT2D eigenvalue weighted by molar-refractivity contribution is 0.354. The van der Waals surface area contributed by atoms with Crippen LogP contribution in [-0.2, 0) is 6.54 Å². The van der Waals surface area contributed by atoms with Crippen molar-refractivity contribution in [1.29, 1.82) is 0 Å². The molecule has 108 valence electrons. The van der Waals surface area contributed by atoms with Crippen LogP contribution in [0.4, 0.5) is 0 Å². The molecular weight excluding hydrogens is 338 g/mol. The highest BCUT2D eigenvalue weighted by Gasteiger charge is 2.14. The molecule has 0 unspecified atom stereocenters. The number of hydrogen-bond acceptors (Lipinski definition) is 4. The first-order valence-electron chi connectivity index (χ1n) is 6.38. The van der Waals surface area contributed by atoms with E-state index in [1.807, 2.05) is 12.1 Å². The summed E-state index contributed by atoms with van der Waals surface area (Å²) >= 11 is 5.28. The lowest BCUT2D eigenvalue weighted by Gasteiger charge is -2.15. The van der Waals surface area contributed by atoms with Crippen molar-refractivity contribution in [3.05, 3.63) is 32.9 Å². The number of nitrogens with one attached hydrogen (secondary N) is 1. The number of methoxy groups -OCH3 is 2. The second-order valence-electron chi connectivity index (χ2n) is 4.28. The molecule has 0 radical (unpaired) electrons. The zero-order chi connectivity index (χ0) is 14.5. The Hall–Kier alpha value is -1.04. The van der Waals surface area contributed by atoms with Crippen molar-refractivity contribution < 1.29 is 9.47 Å². The van der Waals surface area contributed by atoms with Gasteiger partial charge in [-0.1, -0.05) is 6.92 Å². The summed E-state index contributed by atoms with van der Waals surface area (Å²) in [4.78, 5) is 0. The maximum absolute atomic E-state index is 5.42. The second kappa shape index (κ2) is 7.11. The van der Waals surface area contributed by atoms with E-state index in [4.69, 9.17) is 9.47 Å². The Balaban J connectivity index is 2.54. The maximum atomic E-state index is 5.42. The largest absolute Gasteiger partial charge is 0.493 e. The van der Waals surface area contributed by atoms with Gasteiger partial charge in [-0.25, -0.2) is 0 Å². The van der Waals surface area contributed by atoms with Crippen molar-refractivity contribution in [3.63, 3.8) is 0 Å². The molecule has 2 aromatic rings.